The van der Waals surface area contributed by atoms with Gasteiger partial charge in [-0.3, -0.25) is 14.9 Å². The highest BCUT2D eigenvalue weighted by Gasteiger charge is 2.48. The van der Waals surface area contributed by atoms with Crippen LogP contribution in [0.3, 0.4) is 0 Å². The third kappa shape index (κ3) is 6.34. The van der Waals surface area contributed by atoms with Gasteiger partial charge >= 0.3 is 6.18 Å². The summed E-state index contributed by atoms with van der Waals surface area (Å²) in [4.78, 5) is 24.0. The molecule has 0 aliphatic carbocycles. The largest absolute Gasteiger partial charge is 0.457 e. The van der Waals surface area contributed by atoms with Crippen LogP contribution < -0.4 is 15.4 Å². The summed E-state index contributed by atoms with van der Waals surface area (Å²) in [6.07, 6.45) is -5.08. The first-order chi connectivity index (χ1) is 19.4. The van der Waals surface area contributed by atoms with Crippen LogP contribution in [0.1, 0.15) is 34.6 Å². The molecule has 1 amide bonds. The van der Waals surface area contributed by atoms with Gasteiger partial charge in [0.2, 0.25) is 0 Å². The van der Waals surface area contributed by atoms with Gasteiger partial charge < -0.3 is 15.4 Å². The average Bonchev–Trinajstić information content (AvgIpc) is 3.25. The van der Waals surface area contributed by atoms with E-state index in [2.05, 4.69) is 47.6 Å². The predicted molar refractivity (Wildman–Crippen MR) is 153 cm³/mol. The lowest BCUT2D eigenvalue weighted by molar-refractivity contribution is -0.384. The maximum Gasteiger partial charge on any atom is 0.410 e. The Morgan fingerprint density at radius 3 is 2.32 bits per heavy atom. The van der Waals surface area contributed by atoms with Crippen LogP contribution in [-0.4, -0.2) is 26.8 Å². The summed E-state index contributed by atoms with van der Waals surface area (Å²) in [5.74, 6) is -0.713. The third-order valence-electron chi connectivity index (χ3n) is 6.19. The Kier molecular flexibility index (Phi) is 7.99. The minimum atomic E-state index is -4.69. The number of nitrogens with one attached hydrogen (secondary N) is 2. The smallest absolute Gasteiger partial charge is 0.410 e. The molecule has 0 radical (unpaired) electrons. The second-order valence-electron chi connectivity index (χ2n) is 8.98. The molecule has 1 aromatic heterocycles. The minimum absolute atomic E-state index is 0.0446. The Morgan fingerprint density at radius 2 is 1.71 bits per heavy atom. The molecule has 15 heteroatoms. The second kappa shape index (κ2) is 11.3. The molecule has 41 heavy (non-hydrogen) atoms. The Balaban J connectivity index is 1.45. The summed E-state index contributed by atoms with van der Waals surface area (Å²) in [6.45, 7) is 0. The number of nitro groups is 1. The molecule has 212 valence electrons. The summed E-state index contributed by atoms with van der Waals surface area (Å²) in [6, 6.07) is 14.2. The van der Waals surface area contributed by atoms with E-state index in [1.807, 2.05) is 0 Å². The topological polar surface area (TPSA) is 111 Å². The quantitative estimate of drug-likeness (QED) is 0.153. The maximum atomic E-state index is 14.1. The van der Waals surface area contributed by atoms with E-state index in [1.54, 1.807) is 48.5 Å². The lowest BCUT2D eigenvalue weighted by Crippen LogP contribution is -2.35. The number of fused-ring (bicyclic) bond motifs is 1. The molecule has 2 heterocycles. The number of nitrogens with zero attached hydrogens (tertiary/aromatic N) is 3. The highest BCUT2D eigenvalue weighted by atomic mass is 79.9. The number of carbonyl (C=O) groups excluding carboxylic acids is 1. The molecule has 4 aromatic rings. The lowest BCUT2D eigenvalue weighted by atomic mass is 9.97. The monoisotopic (exact) mass is 713 g/mol. The first-order valence-electron chi connectivity index (χ1n) is 11.8. The van der Waals surface area contributed by atoms with Crippen molar-refractivity contribution in [2.24, 2.45) is 0 Å². The van der Waals surface area contributed by atoms with Gasteiger partial charge in [0, 0.05) is 27.5 Å². The van der Waals surface area contributed by atoms with Crippen LogP contribution in [0.25, 0.3) is 0 Å². The van der Waals surface area contributed by atoms with E-state index in [-0.39, 0.29) is 28.0 Å². The summed E-state index contributed by atoms with van der Waals surface area (Å²) in [7, 11) is 0. The Morgan fingerprint density at radius 1 is 1.07 bits per heavy atom. The van der Waals surface area contributed by atoms with E-state index >= 15 is 0 Å². The fraction of sp³-hybridized carbons (Fsp3) is 0.154. The summed E-state index contributed by atoms with van der Waals surface area (Å²) >= 11 is 13.0. The van der Waals surface area contributed by atoms with Gasteiger partial charge in [-0.15, -0.1) is 0 Å². The molecule has 0 spiro atoms. The van der Waals surface area contributed by atoms with Crippen LogP contribution in [0.2, 0.25) is 5.02 Å². The van der Waals surface area contributed by atoms with Crippen molar-refractivity contribution in [2.45, 2.75) is 24.7 Å². The first kappa shape index (κ1) is 28.9. The number of carbonyl (C=O) groups is 1. The number of rotatable bonds is 6. The van der Waals surface area contributed by atoms with Gasteiger partial charge in [0.25, 0.3) is 11.6 Å². The molecule has 3 aromatic carbocycles. The SMILES string of the molecule is O=C(Nc1cc(Oc2ccc(Br)cc2)cc([N+](=O)[O-])c1)c1nn2c(c1Cl)N[C@@H](c1ccc(Br)cc1)C[C@H]2C(F)(F)F. The van der Waals surface area contributed by atoms with E-state index in [4.69, 9.17) is 16.3 Å². The number of halogens is 6. The van der Waals surface area contributed by atoms with E-state index in [1.165, 1.54) is 12.1 Å². The number of nitro benzene ring substituents is 1. The highest BCUT2D eigenvalue weighted by Crippen LogP contribution is 2.46. The number of amides is 1. The molecule has 2 N–H and O–H groups in total. The molecular formula is C26H17Br2ClF3N5O4. The molecule has 0 fully saturated rings. The van der Waals surface area contributed by atoms with Gasteiger partial charge in [-0.1, -0.05) is 55.6 Å². The molecule has 0 saturated heterocycles. The van der Waals surface area contributed by atoms with Gasteiger partial charge in [-0.2, -0.15) is 18.3 Å². The van der Waals surface area contributed by atoms with Gasteiger partial charge in [0.15, 0.2) is 11.7 Å². The van der Waals surface area contributed by atoms with E-state index in [0.717, 1.165) is 15.0 Å². The predicted octanol–water partition coefficient (Wildman–Crippen LogP) is 8.67. The fourth-order valence-corrected chi connectivity index (χ4v) is 5.09. The third-order valence-corrected chi connectivity index (χ3v) is 7.61. The molecule has 2 atom stereocenters. The van der Waals surface area contributed by atoms with Crippen LogP contribution in [0.4, 0.5) is 30.4 Å². The molecular weight excluding hydrogens is 699 g/mol. The number of aromatic nitrogens is 2. The van der Waals surface area contributed by atoms with Crippen molar-refractivity contribution in [2.75, 3.05) is 10.6 Å². The molecule has 0 bridgehead atoms. The van der Waals surface area contributed by atoms with Crippen LogP contribution in [0.5, 0.6) is 11.5 Å². The zero-order chi connectivity index (χ0) is 29.5. The maximum absolute atomic E-state index is 14.1. The van der Waals surface area contributed by atoms with Crippen molar-refractivity contribution in [3.63, 3.8) is 0 Å². The molecule has 1 aliphatic heterocycles. The minimum Gasteiger partial charge on any atom is -0.457 e. The second-order valence-corrected chi connectivity index (χ2v) is 11.2. The summed E-state index contributed by atoms with van der Waals surface area (Å²) in [5.41, 5.74) is -0.332. The van der Waals surface area contributed by atoms with Crippen molar-refractivity contribution in [1.29, 1.82) is 0 Å². The van der Waals surface area contributed by atoms with Gasteiger partial charge in [-0.05, 0) is 42.0 Å². The van der Waals surface area contributed by atoms with Crippen LogP contribution in [0, 0.1) is 10.1 Å². The molecule has 0 unspecified atom stereocenters. The van der Waals surface area contributed by atoms with Gasteiger partial charge in [-0.25, -0.2) is 4.68 Å². The number of alkyl halides is 3. The number of anilines is 2. The number of hydrogen-bond acceptors (Lipinski definition) is 6. The molecule has 0 saturated carbocycles. The number of non-ortho nitro benzene ring substituents is 1. The Hall–Kier alpha value is -3.62. The van der Waals surface area contributed by atoms with Crippen molar-refractivity contribution in [3.05, 3.63) is 102 Å². The Labute approximate surface area is 252 Å². The standard InChI is InChI=1S/C26H17Br2ClF3N5O4/c27-14-3-1-13(2-4-14)20-12-21(26(30,31)32)36-24(34-20)22(29)23(35-36)25(38)33-16-9-17(37(39)40)11-19(10-16)41-18-7-5-15(28)6-8-18/h1-11,20-21,34H,12H2,(H,33,38)/t20-,21+/m1/s1. The molecule has 9 nitrogen and oxygen atoms in total. The normalized spacial score (nSPS) is 16.4. The van der Waals surface area contributed by atoms with Crippen LogP contribution >= 0.6 is 43.5 Å². The number of ether oxygens (including phenoxy) is 1. The zero-order valence-corrected chi connectivity index (χ0v) is 24.4. The Bertz CT molecular complexity index is 1630. The van der Waals surface area contributed by atoms with Gasteiger partial charge in [0.1, 0.15) is 22.3 Å². The first-order valence-corrected chi connectivity index (χ1v) is 13.8. The van der Waals surface area contributed by atoms with Crippen LogP contribution in [0.15, 0.2) is 75.7 Å². The van der Waals surface area contributed by atoms with Crippen molar-refractivity contribution in [3.8, 4) is 11.5 Å². The fourth-order valence-electron chi connectivity index (χ4n) is 4.30. The van der Waals surface area contributed by atoms with Crippen molar-refractivity contribution >= 4 is 66.6 Å². The molecule has 5 rings (SSSR count). The number of benzene rings is 3. The lowest BCUT2D eigenvalue weighted by Gasteiger charge is -2.33. The summed E-state index contributed by atoms with van der Waals surface area (Å²) < 4.78 is 50.2. The van der Waals surface area contributed by atoms with Crippen molar-refractivity contribution < 1.29 is 27.6 Å². The number of hydrogen-bond donors (Lipinski definition) is 2. The highest BCUT2D eigenvalue weighted by molar-refractivity contribution is 9.10. The average molecular weight is 716 g/mol. The van der Waals surface area contributed by atoms with E-state index in [0.29, 0.717) is 16.0 Å². The summed E-state index contributed by atoms with van der Waals surface area (Å²) in [5, 5.41) is 20.5. The molecule has 1 aliphatic rings. The van der Waals surface area contributed by atoms with Crippen LogP contribution in [-0.2, 0) is 0 Å². The van der Waals surface area contributed by atoms with E-state index in [9.17, 15) is 28.1 Å². The van der Waals surface area contributed by atoms with E-state index < -0.39 is 41.2 Å². The zero-order valence-electron chi connectivity index (χ0n) is 20.5. The van der Waals surface area contributed by atoms with Gasteiger partial charge in [0.05, 0.1) is 22.7 Å². The van der Waals surface area contributed by atoms with Crippen molar-refractivity contribution in [1.82, 2.24) is 9.78 Å².